The third kappa shape index (κ3) is 12.4. The van der Waals surface area contributed by atoms with E-state index in [1.165, 1.54) is 0 Å². The fourth-order valence-electron chi connectivity index (χ4n) is 1.06. The van der Waals surface area contributed by atoms with Gasteiger partial charge in [0.1, 0.15) is 0 Å². The first-order chi connectivity index (χ1) is 9.30. The van der Waals surface area contributed by atoms with Crippen molar-refractivity contribution in [3.63, 3.8) is 0 Å². The summed E-state index contributed by atoms with van der Waals surface area (Å²) in [7, 11) is 0. The zero-order chi connectivity index (χ0) is 14.9. The maximum atomic E-state index is 10.6. The molecule has 0 radical (unpaired) electrons. The van der Waals surface area contributed by atoms with Gasteiger partial charge in [0.15, 0.2) is 5.78 Å². The van der Waals surface area contributed by atoms with Gasteiger partial charge in [-0.2, -0.15) is 0 Å². The number of hydrogen-bond acceptors (Lipinski definition) is 1. The molecule has 2 aromatic carbocycles. The van der Waals surface area contributed by atoms with Gasteiger partial charge >= 0.3 is 0 Å². The third-order valence-corrected chi connectivity index (χ3v) is 1.85. The molecule has 104 valence electrons. The van der Waals surface area contributed by atoms with Crippen LogP contribution in [-0.2, 0) is 0 Å². The van der Waals surface area contributed by atoms with Crippen LogP contribution in [0.5, 0.6) is 0 Å². The smallest absolute Gasteiger partial charge is 0.159 e. The van der Waals surface area contributed by atoms with Crippen molar-refractivity contribution >= 4 is 5.78 Å². The largest absolute Gasteiger partial charge is 0.295 e. The third-order valence-electron chi connectivity index (χ3n) is 1.85. The summed E-state index contributed by atoms with van der Waals surface area (Å²) in [4.78, 5) is 10.6. The second-order valence-electron chi connectivity index (χ2n) is 3.08. The Morgan fingerprint density at radius 2 is 0.895 bits per heavy atom. The van der Waals surface area contributed by atoms with Gasteiger partial charge in [-0.15, -0.1) is 0 Å². The van der Waals surface area contributed by atoms with Crippen LogP contribution in [0.15, 0.2) is 66.7 Å². The summed E-state index contributed by atoms with van der Waals surface area (Å²) < 4.78 is 0. The Morgan fingerprint density at radius 3 is 1.11 bits per heavy atom. The van der Waals surface area contributed by atoms with E-state index in [1.807, 2.05) is 94.4 Å². The minimum atomic E-state index is 0.121. The van der Waals surface area contributed by atoms with Crippen molar-refractivity contribution in [1.29, 1.82) is 0 Å². The number of benzene rings is 2. The highest BCUT2D eigenvalue weighted by molar-refractivity contribution is 5.93. The summed E-state index contributed by atoms with van der Waals surface area (Å²) in [5, 5.41) is 0. The Bertz CT molecular complexity index is 352. The highest BCUT2D eigenvalue weighted by Gasteiger charge is 1.92. The van der Waals surface area contributed by atoms with E-state index >= 15 is 0 Å². The second kappa shape index (κ2) is 16.1. The molecule has 0 aliphatic carbocycles. The van der Waals surface area contributed by atoms with Crippen molar-refractivity contribution in [2.24, 2.45) is 0 Å². The van der Waals surface area contributed by atoms with Crippen molar-refractivity contribution in [3.05, 3.63) is 72.3 Å². The average Bonchev–Trinajstić information content (AvgIpc) is 2.54. The molecular weight excluding hydrogens is 232 g/mol. The van der Waals surface area contributed by atoms with Gasteiger partial charge in [0.25, 0.3) is 0 Å². The lowest BCUT2D eigenvalue weighted by Crippen LogP contribution is -1.88. The molecule has 0 saturated carbocycles. The van der Waals surface area contributed by atoms with Crippen LogP contribution >= 0.6 is 0 Å². The number of ketones is 1. The van der Waals surface area contributed by atoms with Gasteiger partial charge in [-0.25, -0.2) is 0 Å². The van der Waals surface area contributed by atoms with Crippen LogP contribution in [0.3, 0.4) is 0 Å². The van der Waals surface area contributed by atoms with E-state index in [-0.39, 0.29) is 5.78 Å². The predicted molar refractivity (Wildman–Crippen MR) is 85.6 cm³/mol. The minimum Gasteiger partial charge on any atom is -0.295 e. The van der Waals surface area contributed by atoms with Crippen LogP contribution in [0, 0.1) is 0 Å². The molecule has 0 bridgehead atoms. The Morgan fingerprint density at radius 1 is 0.632 bits per heavy atom. The number of hydrogen-bond donors (Lipinski definition) is 0. The van der Waals surface area contributed by atoms with E-state index in [2.05, 4.69) is 0 Å². The van der Waals surface area contributed by atoms with Crippen molar-refractivity contribution in [1.82, 2.24) is 0 Å². The van der Waals surface area contributed by atoms with Gasteiger partial charge in [0.2, 0.25) is 0 Å². The topological polar surface area (TPSA) is 17.1 Å². The van der Waals surface area contributed by atoms with Crippen LogP contribution < -0.4 is 0 Å². The number of Topliss-reactive ketones (excluding diaryl/α,β-unsaturated/α-hetero) is 1. The zero-order valence-electron chi connectivity index (χ0n) is 12.8. The standard InChI is InChI=1S/C8H8O.C6H6.2C2H6/c1-7(9)8-5-3-2-4-6-8;1-2-4-6-5-3-1;2*1-2/h2-6H,1H3;1-6H;2*1-2H3. The first kappa shape index (κ1) is 19.4. The molecule has 2 aromatic rings. The van der Waals surface area contributed by atoms with E-state index in [0.29, 0.717) is 0 Å². The average molecular weight is 258 g/mol. The predicted octanol–water partition coefficient (Wildman–Crippen LogP) is 5.63. The summed E-state index contributed by atoms with van der Waals surface area (Å²) in [6.45, 7) is 9.56. The summed E-state index contributed by atoms with van der Waals surface area (Å²) >= 11 is 0. The van der Waals surface area contributed by atoms with Gasteiger partial charge in [0, 0.05) is 5.56 Å². The Labute approximate surface area is 118 Å². The second-order valence-corrected chi connectivity index (χ2v) is 3.08. The maximum Gasteiger partial charge on any atom is 0.159 e. The molecule has 1 nitrogen and oxygen atoms in total. The maximum absolute atomic E-state index is 10.6. The van der Waals surface area contributed by atoms with E-state index in [0.717, 1.165) is 5.56 Å². The molecule has 0 aliphatic heterocycles. The Hall–Kier alpha value is -1.89. The molecule has 0 aliphatic rings. The number of carbonyl (C=O) groups excluding carboxylic acids is 1. The fourth-order valence-corrected chi connectivity index (χ4v) is 1.06. The van der Waals surface area contributed by atoms with E-state index < -0.39 is 0 Å². The summed E-state index contributed by atoms with van der Waals surface area (Å²) in [5.41, 5.74) is 0.775. The molecule has 0 unspecified atom stereocenters. The summed E-state index contributed by atoms with van der Waals surface area (Å²) in [5.74, 6) is 0.121. The molecule has 1 heteroatoms. The van der Waals surface area contributed by atoms with Crippen LogP contribution in [0.4, 0.5) is 0 Å². The first-order valence-electron chi connectivity index (χ1n) is 6.86. The molecule has 0 amide bonds. The number of rotatable bonds is 1. The van der Waals surface area contributed by atoms with Crippen LogP contribution in [-0.4, -0.2) is 5.78 Å². The molecule has 19 heavy (non-hydrogen) atoms. The van der Waals surface area contributed by atoms with Gasteiger partial charge in [0.05, 0.1) is 0 Å². The molecule has 0 fully saturated rings. The van der Waals surface area contributed by atoms with Gasteiger partial charge in [-0.3, -0.25) is 4.79 Å². The van der Waals surface area contributed by atoms with E-state index in [4.69, 9.17) is 0 Å². The molecule has 0 aromatic heterocycles. The molecule has 0 atom stereocenters. The lowest BCUT2D eigenvalue weighted by molar-refractivity contribution is 0.101. The molecule has 0 spiro atoms. The molecule has 0 N–H and O–H groups in total. The molecular formula is C18H26O. The molecule has 0 saturated heterocycles. The lowest BCUT2D eigenvalue weighted by Gasteiger charge is -1.89. The zero-order valence-corrected chi connectivity index (χ0v) is 12.8. The van der Waals surface area contributed by atoms with Gasteiger partial charge in [-0.1, -0.05) is 94.4 Å². The highest BCUT2D eigenvalue weighted by atomic mass is 16.1. The normalized spacial score (nSPS) is 7.42. The Kier molecular flexibility index (Phi) is 16.5. The number of carbonyl (C=O) groups is 1. The lowest BCUT2D eigenvalue weighted by atomic mass is 10.2. The molecule has 0 heterocycles. The quantitative estimate of drug-likeness (QED) is 0.606. The van der Waals surface area contributed by atoms with Crippen molar-refractivity contribution < 1.29 is 4.79 Å². The summed E-state index contributed by atoms with van der Waals surface area (Å²) in [6, 6.07) is 21.2. The van der Waals surface area contributed by atoms with Crippen molar-refractivity contribution in [2.75, 3.05) is 0 Å². The van der Waals surface area contributed by atoms with Crippen molar-refractivity contribution in [3.8, 4) is 0 Å². The fraction of sp³-hybridized carbons (Fsp3) is 0.278. The first-order valence-corrected chi connectivity index (χ1v) is 6.86. The van der Waals surface area contributed by atoms with E-state index in [9.17, 15) is 4.79 Å². The van der Waals surface area contributed by atoms with Crippen LogP contribution in [0.1, 0.15) is 45.0 Å². The van der Waals surface area contributed by atoms with Gasteiger partial charge in [-0.05, 0) is 6.92 Å². The monoisotopic (exact) mass is 258 g/mol. The minimum absolute atomic E-state index is 0.121. The molecule has 2 rings (SSSR count). The van der Waals surface area contributed by atoms with E-state index in [1.54, 1.807) is 6.92 Å². The SMILES string of the molecule is CC.CC.CC(=O)c1ccccc1.c1ccccc1. The Balaban J connectivity index is 0. The van der Waals surface area contributed by atoms with Crippen LogP contribution in [0.25, 0.3) is 0 Å². The highest BCUT2D eigenvalue weighted by Crippen LogP contribution is 1.97. The van der Waals surface area contributed by atoms with Crippen LogP contribution in [0.2, 0.25) is 0 Å². The van der Waals surface area contributed by atoms with Crippen molar-refractivity contribution in [2.45, 2.75) is 34.6 Å². The summed E-state index contributed by atoms with van der Waals surface area (Å²) in [6.07, 6.45) is 0. The van der Waals surface area contributed by atoms with Gasteiger partial charge < -0.3 is 0 Å².